The molecule has 4 heteroatoms. The van der Waals surface area contributed by atoms with E-state index in [4.69, 9.17) is 9.47 Å². The zero-order chi connectivity index (χ0) is 11.5. The van der Waals surface area contributed by atoms with Gasteiger partial charge < -0.3 is 14.6 Å². The predicted molar refractivity (Wildman–Crippen MR) is 61.4 cm³/mol. The Morgan fingerprint density at radius 2 is 1.44 bits per heavy atom. The minimum absolute atomic E-state index is 0.0738. The van der Waals surface area contributed by atoms with E-state index in [1.807, 2.05) is 0 Å². The summed E-state index contributed by atoms with van der Waals surface area (Å²) in [6.45, 7) is 1.94. The number of methoxy groups -OCH3 is 2. The van der Waals surface area contributed by atoms with Crippen molar-refractivity contribution in [2.45, 2.75) is 50.0 Å². The second-order valence-corrected chi connectivity index (χ2v) is 4.96. The SMILES string of the molecule is COC1CN(C2CCC(O)CC2)CC1OC. The van der Waals surface area contributed by atoms with Crippen molar-refractivity contribution >= 4 is 0 Å². The minimum atomic E-state index is -0.0738. The van der Waals surface area contributed by atoms with Gasteiger partial charge in [0.25, 0.3) is 0 Å². The summed E-state index contributed by atoms with van der Waals surface area (Å²) < 4.78 is 10.9. The number of nitrogens with zero attached hydrogens (tertiary/aromatic N) is 1. The van der Waals surface area contributed by atoms with Crippen LogP contribution >= 0.6 is 0 Å². The lowest BCUT2D eigenvalue weighted by Gasteiger charge is -2.32. The number of hydrogen-bond donors (Lipinski definition) is 1. The van der Waals surface area contributed by atoms with Gasteiger partial charge in [-0.3, -0.25) is 4.90 Å². The summed E-state index contributed by atoms with van der Waals surface area (Å²) in [4.78, 5) is 2.47. The molecule has 0 radical (unpaired) electrons. The van der Waals surface area contributed by atoms with Crippen molar-refractivity contribution in [3.63, 3.8) is 0 Å². The number of ether oxygens (including phenoxy) is 2. The van der Waals surface area contributed by atoms with Crippen molar-refractivity contribution in [3.05, 3.63) is 0 Å². The molecule has 2 aliphatic rings. The predicted octanol–water partition coefficient (Wildman–Crippen LogP) is 0.635. The van der Waals surface area contributed by atoms with Crippen LogP contribution in [-0.2, 0) is 9.47 Å². The van der Waals surface area contributed by atoms with Gasteiger partial charge in [-0.2, -0.15) is 0 Å². The Morgan fingerprint density at radius 1 is 0.938 bits per heavy atom. The average Bonchev–Trinajstić information content (AvgIpc) is 2.73. The number of hydrogen-bond acceptors (Lipinski definition) is 4. The van der Waals surface area contributed by atoms with Crippen LogP contribution in [0.15, 0.2) is 0 Å². The standard InChI is InChI=1S/C12H23NO3/c1-15-11-7-13(8-12(11)16-2)9-3-5-10(14)6-4-9/h9-12,14H,3-8H2,1-2H3. The maximum atomic E-state index is 9.50. The highest BCUT2D eigenvalue weighted by atomic mass is 16.5. The van der Waals surface area contributed by atoms with E-state index >= 15 is 0 Å². The first-order valence-corrected chi connectivity index (χ1v) is 6.22. The van der Waals surface area contributed by atoms with Crippen LogP contribution in [0.3, 0.4) is 0 Å². The van der Waals surface area contributed by atoms with E-state index in [2.05, 4.69) is 4.90 Å². The van der Waals surface area contributed by atoms with Gasteiger partial charge in [0.05, 0.1) is 18.3 Å². The lowest BCUT2D eigenvalue weighted by Crippen LogP contribution is -2.38. The maximum absolute atomic E-state index is 9.50. The van der Waals surface area contributed by atoms with E-state index in [1.54, 1.807) is 14.2 Å². The van der Waals surface area contributed by atoms with Crippen molar-refractivity contribution in [1.29, 1.82) is 0 Å². The third-order valence-corrected chi connectivity index (χ3v) is 4.03. The minimum Gasteiger partial charge on any atom is -0.393 e. The van der Waals surface area contributed by atoms with Crippen molar-refractivity contribution < 1.29 is 14.6 Å². The van der Waals surface area contributed by atoms with Crippen molar-refractivity contribution in [3.8, 4) is 0 Å². The molecular weight excluding hydrogens is 206 g/mol. The zero-order valence-electron chi connectivity index (χ0n) is 10.3. The van der Waals surface area contributed by atoms with Crippen LogP contribution in [0, 0.1) is 0 Å². The van der Waals surface area contributed by atoms with Crippen LogP contribution in [0.1, 0.15) is 25.7 Å². The molecular formula is C12H23NO3. The van der Waals surface area contributed by atoms with Gasteiger partial charge in [-0.25, -0.2) is 0 Å². The van der Waals surface area contributed by atoms with Crippen LogP contribution in [-0.4, -0.2) is 61.7 Å². The van der Waals surface area contributed by atoms with E-state index in [9.17, 15) is 5.11 Å². The molecule has 1 N–H and O–H groups in total. The van der Waals surface area contributed by atoms with Gasteiger partial charge in [0.2, 0.25) is 0 Å². The molecule has 94 valence electrons. The van der Waals surface area contributed by atoms with E-state index in [1.165, 1.54) is 0 Å². The van der Waals surface area contributed by atoms with Gasteiger partial charge in [0.1, 0.15) is 0 Å². The first-order valence-electron chi connectivity index (χ1n) is 6.22. The van der Waals surface area contributed by atoms with Crippen LogP contribution in [0.4, 0.5) is 0 Å². The van der Waals surface area contributed by atoms with E-state index in [0.717, 1.165) is 38.8 Å². The lowest BCUT2D eigenvalue weighted by atomic mass is 9.92. The van der Waals surface area contributed by atoms with Gasteiger partial charge in [-0.1, -0.05) is 0 Å². The molecule has 2 fully saturated rings. The fourth-order valence-corrected chi connectivity index (χ4v) is 2.95. The highest BCUT2D eigenvalue weighted by Crippen LogP contribution is 2.27. The molecule has 1 saturated heterocycles. The topological polar surface area (TPSA) is 41.9 Å². The zero-order valence-corrected chi connectivity index (χ0v) is 10.3. The number of rotatable bonds is 3. The fraction of sp³-hybridized carbons (Fsp3) is 1.00. The number of aliphatic hydroxyl groups is 1. The Hall–Kier alpha value is -0.160. The Kier molecular flexibility index (Phi) is 4.19. The molecule has 4 nitrogen and oxygen atoms in total. The summed E-state index contributed by atoms with van der Waals surface area (Å²) in [5.74, 6) is 0. The van der Waals surface area contributed by atoms with Crippen LogP contribution in [0.25, 0.3) is 0 Å². The fourth-order valence-electron chi connectivity index (χ4n) is 2.95. The Morgan fingerprint density at radius 3 is 1.88 bits per heavy atom. The van der Waals surface area contributed by atoms with Gasteiger partial charge in [0, 0.05) is 33.4 Å². The van der Waals surface area contributed by atoms with E-state index < -0.39 is 0 Å². The molecule has 0 bridgehead atoms. The van der Waals surface area contributed by atoms with Gasteiger partial charge >= 0.3 is 0 Å². The molecule has 1 aliphatic carbocycles. The molecule has 0 aromatic rings. The Bertz CT molecular complexity index is 204. The second kappa shape index (κ2) is 5.45. The van der Waals surface area contributed by atoms with Crippen LogP contribution < -0.4 is 0 Å². The first-order chi connectivity index (χ1) is 7.74. The normalized spacial score (nSPS) is 41.4. The summed E-state index contributed by atoms with van der Waals surface area (Å²) in [6.07, 6.45) is 4.43. The molecule has 0 aromatic carbocycles. The Labute approximate surface area is 97.5 Å². The second-order valence-electron chi connectivity index (χ2n) is 4.96. The molecule has 0 spiro atoms. The molecule has 16 heavy (non-hydrogen) atoms. The van der Waals surface area contributed by atoms with Crippen LogP contribution in [0.2, 0.25) is 0 Å². The lowest BCUT2D eigenvalue weighted by molar-refractivity contribution is -0.00461. The molecule has 1 heterocycles. The third kappa shape index (κ3) is 2.56. The van der Waals surface area contributed by atoms with E-state index in [0.29, 0.717) is 6.04 Å². The highest BCUT2D eigenvalue weighted by Gasteiger charge is 2.37. The smallest absolute Gasteiger partial charge is 0.0971 e. The van der Waals surface area contributed by atoms with Crippen molar-refractivity contribution in [1.82, 2.24) is 4.90 Å². The van der Waals surface area contributed by atoms with Crippen molar-refractivity contribution in [2.75, 3.05) is 27.3 Å². The summed E-state index contributed by atoms with van der Waals surface area (Å²) in [5.41, 5.74) is 0. The number of likely N-dealkylation sites (tertiary alicyclic amines) is 1. The summed E-state index contributed by atoms with van der Waals surface area (Å²) in [7, 11) is 3.51. The molecule has 1 aliphatic heterocycles. The summed E-state index contributed by atoms with van der Waals surface area (Å²) in [6, 6.07) is 0.612. The monoisotopic (exact) mass is 229 g/mol. The molecule has 0 aromatic heterocycles. The summed E-state index contributed by atoms with van der Waals surface area (Å²) >= 11 is 0. The highest BCUT2D eigenvalue weighted by molar-refractivity contribution is 4.91. The number of aliphatic hydroxyl groups excluding tert-OH is 1. The summed E-state index contributed by atoms with van der Waals surface area (Å²) in [5, 5.41) is 9.50. The maximum Gasteiger partial charge on any atom is 0.0971 e. The average molecular weight is 229 g/mol. The van der Waals surface area contributed by atoms with Crippen molar-refractivity contribution in [2.24, 2.45) is 0 Å². The largest absolute Gasteiger partial charge is 0.393 e. The Balaban J connectivity index is 1.87. The van der Waals surface area contributed by atoms with Gasteiger partial charge in [-0.05, 0) is 25.7 Å². The van der Waals surface area contributed by atoms with E-state index in [-0.39, 0.29) is 18.3 Å². The molecule has 1 saturated carbocycles. The molecule has 2 rings (SSSR count). The molecule has 2 atom stereocenters. The quantitative estimate of drug-likeness (QED) is 0.771. The third-order valence-electron chi connectivity index (χ3n) is 4.03. The first kappa shape index (κ1) is 12.3. The van der Waals surface area contributed by atoms with Crippen LogP contribution in [0.5, 0.6) is 0 Å². The van der Waals surface area contributed by atoms with Gasteiger partial charge in [-0.15, -0.1) is 0 Å². The molecule has 2 unspecified atom stereocenters. The molecule has 0 amide bonds. The van der Waals surface area contributed by atoms with Gasteiger partial charge in [0.15, 0.2) is 0 Å².